The van der Waals surface area contributed by atoms with Crippen LogP contribution in [0.15, 0.2) is 48.6 Å². The van der Waals surface area contributed by atoms with Crippen LogP contribution in [0.2, 0.25) is 0 Å². The van der Waals surface area contributed by atoms with Crippen LogP contribution in [0.5, 0.6) is 0 Å². The van der Waals surface area contributed by atoms with Gasteiger partial charge in [0, 0.05) is 6.42 Å². The smallest absolute Gasteiger partial charge is 0.220 e. The van der Waals surface area contributed by atoms with Crippen LogP contribution >= 0.6 is 0 Å². The minimum Gasteiger partial charge on any atom is -0.394 e. The summed E-state index contributed by atoms with van der Waals surface area (Å²) in [6, 6.07) is -0.930. The molecule has 0 aromatic rings. The number of rotatable bonds is 55. The van der Waals surface area contributed by atoms with E-state index in [0.717, 1.165) is 38.5 Å². The zero-order valence-electron chi connectivity index (χ0n) is 52.0. The van der Waals surface area contributed by atoms with Crippen molar-refractivity contribution in [2.75, 3.05) is 19.8 Å². The maximum atomic E-state index is 13.3. The number of nitrogens with one attached hydrogen (secondary N) is 1. The van der Waals surface area contributed by atoms with Gasteiger partial charge in [-0.3, -0.25) is 4.79 Å². The fourth-order valence-electron chi connectivity index (χ4n) is 11.0. The lowest BCUT2D eigenvalue weighted by molar-refractivity contribution is -0.359. The molecule has 9 N–H and O–H groups in total. The average Bonchev–Trinajstić information content (AvgIpc) is 3.56. The van der Waals surface area contributed by atoms with E-state index in [0.29, 0.717) is 12.8 Å². The Kier molecular flexibility index (Phi) is 49.3. The van der Waals surface area contributed by atoms with E-state index in [2.05, 4.69) is 55.6 Å². The lowest BCUT2D eigenvalue weighted by Crippen LogP contribution is -2.65. The number of carbonyl (C=O) groups excluding carboxylic acids is 1. The molecule has 12 unspecified atom stereocenters. The van der Waals surface area contributed by atoms with Crippen LogP contribution in [-0.4, -0.2) is 140 Å². The number of hydrogen-bond donors (Lipinski definition) is 9. The molecule has 0 saturated carbocycles. The number of aliphatic hydroxyl groups excluding tert-OH is 8. The Morgan fingerprint density at radius 2 is 0.817 bits per heavy atom. The van der Waals surface area contributed by atoms with Crippen molar-refractivity contribution in [1.29, 1.82) is 0 Å². The third kappa shape index (κ3) is 37.5. The second-order valence-electron chi connectivity index (χ2n) is 23.9. The molecule has 1 amide bonds. The van der Waals surface area contributed by atoms with E-state index in [-0.39, 0.29) is 18.9 Å². The van der Waals surface area contributed by atoms with Gasteiger partial charge in [0.05, 0.1) is 32.0 Å². The highest BCUT2D eigenvalue weighted by atomic mass is 16.7. The summed E-state index contributed by atoms with van der Waals surface area (Å²) >= 11 is 0. The summed E-state index contributed by atoms with van der Waals surface area (Å²) in [7, 11) is 0. The molecule has 2 fully saturated rings. The van der Waals surface area contributed by atoms with Crippen LogP contribution < -0.4 is 5.32 Å². The SMILES string of the molecule is CCCCCCC/C=C\C/C=C\CCCCCCCCCCCCCCCCCCCCCCCCCC(=O)NC(COC1OC(CO)C(OC2OC(CO)C(O)C(O)C2O)C(O)C1O)C(O)/C=C/CC/C=C/CCCCCCCCC. The maximum Gasteiger partial charge on any atom is 0.220 e. The molecule has 0 aromatic heterocycles. The van der Waals surface area contributed by atoms with Gasteiger partial charge in [0.1, 0.15) is 48.8 Å². The largest absolute Gasteiger partial charge is 0.394 e. The van der Waals surface area contributed by atoms with Crippen molar-refractivity contribution < 1.29 is 64.6 Å². The highest BCUT2D eigenvalue weighted by Crippen LogP contribution is 2.30. The van der Waals surface area contributed by atoms with Crippen LogP contribution in [0.25, 0.3) is 0 Å². The molecule has 0 aliphatic carbocycles. The van der Waals surface area contributed by atoms with E-state index in [1.54, 1.807) is 6.08 Å². The zero-order valence-corrected chi connectivity index (χ0v) is 52.0. The fraction of sp³-hybridized carbons (Fsp3) is 0.868. The van der Waals surface area contributed by atoms with Crippen molar-refractivity contribution in [3.63, 3.8) is 0 Å². The second kappa shape index (κ2) is 53.2. The van der Waals surface area contributed by atoms with E-state index in [1.165, 1.54) is 212 Å². The van der Waals surface area contributed by atoms with Crippen molar-refractivity contribution in [2.45, 2.75) is 357 Å². The van der Waals surface area contributed by atoms with Crippen molar-refractivity contribution >= 4 is 5.91 Å². The first kappa shape index (κ1) is 76.0. The maximum absolute atomic E-state index is 13.3. The van der Waals surface area contributed by atoms with Gasteiger partial charge < -0.3 is 65.1 Å². The van der Waals surface area contributed by atoms with Crippen molar-refractivity contribution in [3.8, 4) is 0 Å². The molecular formula is C68H125NO13. The minimum absolute atomic E-state index is 0.246. The van der Waals surface area contributed by atoms with Crippen LogP contribution in [0, 0.1) is 0 Å². The molecule has 0 bridgehead atoms. The standard InChI is InChI=1S/C68H125NO13/c1-3-5-7-9-11-13-15-17-18-19-20-21-22-23-24-25-26-27-28-29-30-31-32-33-34-35-36-37-38-40-42-44-46-48-50-52-60(73)69-56(57(72)51-49-47-45-43-41-39-16-14-12-10-8-6-4-2)55-79-67-65(78)63(76)66(59(54-71)81-67)82-68-64(77)62(75)61(74)58(53-70)80-68/h15,17,19-20,41,43,49,51,56-59,61-68,70-72,74-78H,3-14,16,18,21-40,42,44-48,50,52-55H2,1-2H3,(H,69,73)/b17-15-,20-19-,43-41+,51-49+. The molecule has 2 aliphatic heterocycles. The van der Waals surface area contributed by atoms with Crippen LogP contribution in [0.1, 0.15) is 284 Å². The van der Waals surface area contributed by atoms with Gasteiger partial charge in [0.2, 0.25) is 5.91 Å². The number of amides is 1. The molecule has 2 heterocycles. The Labute approximate surface area is 499 Å². The summed E-state index contributed by atoms with van der Waals surface area (Å²) in [4.78, 5) is 13.3. The Hall–Kier alpha value is -2.05. The lowest BCUT2D eigenvalue weighted by atomic mass is 9.97. The molecule has 480 valence electrons. The number of allylic oxidation sites excluding steroid dienone is 7. The Balaban J connectivity index is 1.60. The molecule has 0 radical (unpaired) electrons. The molecule has 2 rings (SSSR count). The van der Waals surface area contributed by atoms with Gasteiger partial charge >= 0.3 is 0 Å². The summed E-state index contributed by atoms with van der Waals surface area (Å²) in [5.41, 5.74) is 0. The average molecular weight is 1160 g/mol. The van der Waals surface area contributed by atoms with Gasteiger partial charge in [0.25, 0.3) is 0 Å². The van der Waals surface area contributed by atoms with E-state index in [1.807, 2.05) is 6.08 Å². The molecule has 14 heteroatoms. The number of ether oxygens (including phenoxy) is 4. The van der Waals surface area contributed by atoms with E-state index < -0.39 is 86.8 Å². The highest BCUT2D eigenvalue weighted by molar-refractivity contribution is 5.76. The van der Waals surface area contributed by atoms with Crippen molar-refractivity contribution in [1.82, 2.24) is 5.32 Å². The molecular weight excluding hydrogens is 1040 g/mol. The first-order valence-electron chi connectivity index (χ1n) is 33.9. The van der Waals surface area contributed by atoms with E-state index in [9.17, 15) is 45.6 Å². The predicted octanol–water partition coefficient (Wildman–Crippen LogP) is 13.1. The molecule has 2 saturated heterocycles. The Morgan fingerprint density at radius 1 is 0.439 bits per heavy atom. The molecule has 0 spiro atoms. The lowest BCUT2D eigenvalue weighted by Gasteiger charge is -2.46. The second-order valence-corrected chi connectivity index (χ2v) is 23.9. The summed E-state index contributed by atoms with van der Waals surface area (Å²) in [6.45, 7) is 2.77. The topological polar surface area (TPSA) is 228 Å². The van der Waals surface area contributed by atoms with Crippen LogP contribution in [0.4, 0.5) is 0 Å². The van der Waals surface area contributed by atoms with Gasteiger partial charge in [-0.2, -0.15) is 0 Å². The molecule has 2 aliphatic rings. The van der Waals surface area contributed by atoms with Crippen molar-refractivity contribution in [2.24, 2.45) is 0 Å². The minimum atomic E-state index is -1.79. The quantitative estimate of drug-likeness (QED) is 0.0204. The number of hydrogen-bond acceptors (Lipinski definition) is 13. The summed E-state index contributed by atoms with van der Waals surface area (Å²) in [5.74, 6) is -0.246. The first-order valence-corrected chi connectivity index (χ1v) is 33.9. The highest BCUT2D eigenvalue weighted by Gasteiger charge is 2.51. The van der Waals surface area contributed by atoms with Crippen molar-refractivity contribution in [3.05, 3.63) is 48.6 Å². The number of carbonyl (C=O) groups is 1. The number of unbranched alkanes of at least 4 members (excludes halogenated alkanes) is 36. The molecule has 0 aromatic carbocycles. The fourth-order valence-corrected chi connectivity index (χ4v) is 11.0. The van der Waals surface area contributed by atoms with Gasteiger partial charge in [-0.15, -0.1) is 0 Å². The normalized spacial score (nSPS) is 24.2. The third-order valence-electron chi connectivity index (χ3n) is 16.5. The molecule has 12 atom stereocenters. The van der Waals surface area contributed by atoms with Gasteiger partial charge in [-0.05, 0) is 64.2 Å². The zero-order chi connectivity index (χ0) is 59.5. The van der Waals surface area contributed by atoms with E-state index in [4.69, 9.17) is 18.9 Å². The van der Waals surface area contributed by atoms with Gasteiger partial charge in [0.15, 0.2) is 12.6 Å². The number of aliphatic hydroxyl groups is 8. The van der Waals surface area contributed by atoms with E-state index >= 15 is 0 Å². The van der Waals surface area contributed by atoms with Gasteiger partial charge in [-0.25, -0.2) is 0 Å². The molecule has 14 nitrogen and oxygen atoms in total. The van der Waals surface area contributed by atoms with Crippen LogP contribution in [-0.2, 0) is 23.7 Å². The third-order valence-corrected chi connectivity index (χ3v) is 16.5. The summed E-state index contributed by atoms with van der Waals surface area (Å²) in [6.07, 6.45) is 51.9. The predicted molar refractivity (Wildman–Crippen MR) is 332 cm³/mol. The van der Waals surface area contributed by atoms with Gasteiger partial charge in [-0.1, -0.05) is 262 Å². The first-order chi connectivity index (χ1) is 40.1. The van der Waals surface area contributed by atoms with Crippen LogP contribution in [0.3, 0.4) is 0 Å². The Bertz CT molecular complexity index is 1560. The monoisotopic (exact) mass is 1160 g/mol. The summed E-state index contributed by atoms with van der Waals surface area (Å²) < 4.78 is 22.8. The summed E-state index contributed by atoms with van der Waals surface area (Å²) in [5, 5.41) is 87.1. The Morgan fingerprint density at radius 3 is 1.27 bits per heavy atom. The molecule has 82 heavy (non-hydrogen) atoms.